The normalized spacial score (nSPS) is 31.4. The number of piperidine rings is 3. The number of allylic oxidation sites excluding steroid dienone is 1. The molecule has 4 aliphatic rings. The Morgan fingerprint density at radius 1 is 1.21 bits per heavy atom. The lowest BCUT2D eigenvalue weighted by Gasteiger charge is -2.44. The SMILES string of the molecule is O=C(O[C@@H]1CN2CCC1CC2)[C@](O)(C1=CCCC1)c1ccccc1. The van der Waals surface area contributed by atoms with Crippen molar-refractivity contribution >= 4 is 5.97 Å². The minimum Gasteiger partial charge on any atom is -0.458 e. The molecule has 3 saturated heterocycles. The largest absolute Gasteiger partial charge is 0.458 e. The molecule has 0 amide bonds. The van der Waals surface area contributed by atoms with Gasteiger partial charge in [-0.2, -0.15) is 0 Å². The summed E-state index contributed by atoms with van der Waals surface area (Å²) in [6.45, 7) is 3.01. The minimum absolute atomic E-state index is 0.0859. The molecule has 1 N–H and O–H groups in total. The lowest BCUT2D eigenvalue weighted by molar-refractivity contribution is -0.177. The van der Waals surface area contributed by atoms with Crippen molar-refractivity contribution in [2.24, 2.45) is 5.92 Å². The zero-order valence-electron chi connectivity index (χ0n) is 14.0. The van der Waals surface area contributed by atoms with Gasteiger partial charge in [-0.05, 0) is 62.2 Å². The minimum atomic E-state index is -1.64. The Morgan fingerprint density at radius 3 is 2.54 bits per heavy atom. The van der Waals surface area contributed by atoms with Gasteiger partial charge in [-0.1, -0.05) is 36.4 Å². The predicted molar refractivity (Wildman–Crippen MR) is 91.3 cm³/mol. The second-order valence-corrected chi connectivity index (χ2v) is 7.28. The van der Waals surface area contributed by atoms with Crippen LogP contribution in [0.3, 0.4) is 0 Å². The van der Waals surface area contributed by atoms with Crippen molar-refractivity contribution in [2.45, 2.75) is 43.8 Å². The van der Waals surface area contributed by atoms with E-state index in [1.807, 2.05) is 36.4 Å². The molecule has 4 nitrogen and oxygen atoms in total. The number of hydrogen-bond donors (Lipinski definition) is 1. The molecule has 4 heteroatoms. The van der Waals surface area contributed by atoms with E-state index < -0.39 is 11.6 Å². The van der Waals surface area contributed by atoms with Crippen molar-refractivity contribution in [3.63, 3.8) is 0 Å². The molecule has 1 aromatic carbocycles. The lowest BCUT2D eigenvalue weighted by Crippen LogP contribution is -2.53. The fraction of sp³-hybridized carbons (Fsp3) is 0.550. The molecule has 5 rings (SSSR count). The van der Waals surface area contributed by atoms with Crippen LogP contribution in [-0.4, -0.2) is 41.7 Å². The van der Waals surface area contributed by atoms with Crippen LogP contribution >= 0.6 is 0 Å². The van der Waals surface area contributed by atoms with Gasteiger partial charge in [-0.3, -0.25) is 4.90 Å². The van der Waals surface area contributed by atoms with E-state index in [4.69, 9.17) is 4.74 Å². The first-order chi connectivity index (χ1) is 11.7. The van der Waals surface area contributed by atoms with Crippen LogP contribution in [0.2, 0.25) is 0 Å². The number of esters is 1. The summed E-state index contributed by atoms with van der Waals surface area (Å²) < 4.78 is 5.89. The second-order valence-electron chi connectivity index (χ2n) is 7.28. The topological polar surface area (TPSA) is 49.8 Å². The second kappa shape index (κ2) is 6.34. The Morgan fingerprint density at radius 2 is 1.96 bits per heavy atom. The fourth-order valence-electron chi connectivity index (χ4n) is 4.38. The highest BCUT2D eigenvalue weighted by atomic mass is 16.6. The van der Waals surface area contributed by atoms with Crippen molar-refractivity contribution in [2.75, 3.05) is 19.6 Å². The monoisotopic (exact) mass is 327 g/mol. The Hall–Kier alpha value is -1.65. The van der Waals surface area contributed by atoms with Gasteiger partial charge in [0.1, 0.15) is 6.10 Å². The highest BCUT2D eigenvalue weighted by molar-refractivity contribution is 5.85. The smallest absolute Gasteiger partial charge is 0.347 e. The summed E-state index contributed by atoms with van der Waals surface area (Å²) in [5, 5.41) is 11.4. The molecule has 24 heavy (non-hydrogen) atoms. The van der Waals surface area contributed by atoms with Crippen molar-refractivity contribution in [1.29, 1.82) is 0 Å². The molecule has 3 fully saturated rings. The summed E-state index contributed by atoms with van der Waals surface area (Å²) in [5.74, 6) is -0.0582. The van der Waals surface area contributed by atoms with Gasteiger partial charge in [0.05, 0.1) is 0 Å². The van der Waals surface area contributed by atoms with Crippen LogP contribution in [0.25, 0.3) is 0 Å². The van der Waals surface area contributed by atoms with Gasteiger partial charge in [0, 0.05) is 6.54 Å². The molecule has 1 aromatic rings. The van der Waals surface area contributed by atoms with Gasteiger partial charge in [-0.25, -0.2) is 4.79 Å². The Balaban J connectivity index is 1.60. The first-order valence-electron chi connectivity index (χ1n) is 9.09. The number of ether oxygens (including phenoxy) is 1. The Bertz CT molecular complexity index is 634. The number of fused-ring (bicyclic) bond motifs is 3. The average molecular weight is 327 g/mol. The van der Waals surface area contributed by atoms with E-state index in [9.17, 15) is 9.90 Å². The number of carbonyl (C=O) groups excluding carboxylic acids is 1. The molecule has 2 atom stereocenters. The molecule has 0 radical (unpaired) electrons. The van der Waals surface area contributed by atoms with Crippen molar-refractivity contribution in [3.05, 3.63) is 47.5 Å². The van der Waals surface area contributed by atoms with E-state index in [1.54, 1.807) is 0 Å². The maximum atomic E-state index is 13.1. The lowest BCUT2D eigenvalue weighted by atomic mass is 9.84. The van der Waals surface area contributed by atoms with Crippen molar-refractivity contribution < 1.29 is 14.6 Å². The summed E-state index contributed by atoms with van der Waals surface area (Å²) in [7, 11) is 0. The molecule has 0 spiro atoms. The van der Waals surface area contributed by atoms with Crippen LogP contribution in [0.15, 0.2) is 42.0 Å². The third-order valence-electron chi connectivity index (χ3n) is 5.85. The molecule has 3 aliphatic heterocycles. The number of nitrogens with zero attached hydrogens (tertiary/aromatic N) is 1. The zero-order chi connectivity index (χ0) is 16.6. The van der Waals surface area contributed by atoms with Gasteiger partial charge in [0.2, 0.25) is 5.60 Å². The van der Waals surface area contributed by atoms with E-state index >= 15 is 0 Å². The van der Waals surface area contributed by atoms with E-state index in [1.165, 1.54) is 0 Å². The Kier molecular flexibility index (Phi) is 4.19. The van der Waals surface area contributed by atoms with E-state index in [0.717, 1.165) is 57.3 Å². The third-order valence-corrected chi connectivity index (χ3v) is 5.85. The number of benzene rings is 1. The average Bonchev–Trinajstić information content (AvgIpc) is 3.18. The van der Waals surface area contributed by atoms with Crippen LogP contribution < -0.4 is 0 Å². The van der Waals surface area contributed by atoms with E-state index in [2.05, 4.69) is 4.90 Å². The quantitative estimate of drug-likeness (QED) is 0.682. The van der Waals surface area contributed by atoms with Crippen molar-refractivity contribution in [1.82, 2.24) is 4.90 Å². The highest BCUT2D eigenvalue weighted by Crippen LogP contribution is 2.39. The molecule has 128 valence electrons. The molecular weight excluding hydrogens is 302 g/mol. The van der Waals surface area contributed by atoms with Gasteiger partial charge in [-0.15, -0.1) is 0 Å². The fourth-order valence-corrected chi connectivity index (χ4v) is 4.38. The van der Waals surface area contributed by atoms with Gasteiger partial charge < -0.3 is 9.84 Å². The molecule has 0 aromatic heterocycles. The summed E-state index contributed by atoms with van der Waals surface area (Å²) in [6, 6.07) is 9.24. The third kappa shape index (κ3) is 2.68. The molecule has 2 bridgehead atoms. The maximum absolute atomic E-state index is 13.1. The van der Waals surface area contributed by atoms with Crippen LogP contribution in [0.1, 0.15) is 37.7 Å². The van der Waals surface area contributed by atoms with Crippen molar-refractivity contribution in [3.8, 4) is 0 Å². The molecule has 3 heterocycles. The maximum Gasteiger partial charge on any atom is 0.347 e. The molecular formula is C20H25NO3. The van der Waals surface area contributed by atoms with Gasteiger partial charge in [0.25, 0.3) is 0 Å². The summed E-state index contributed by atoms with van der Waals surface area (Å²) >= 11 is 0. The number of aliphatic hydroxyl groups is 1. The number of hydrogen-bond acceptors (Lipinski definition) is 4. The standard InChI is InChI=1S/C20H25NO3/c22-19(24-18-14-21-12-10-15(18)11-13-21)20(23,17-8-4-5-9-17)16-6-2-1-3-7-16/h1-3,6-8,15,18,23H,4-5,9-14H2/t18-,20-/m1/s1. The summed E-state index contributed by atoms with van der Waals surface area (Å²) in [6.07, 6.45) is 6.74. The van der Waals surface area contributed by atoms with Crippen LogP contribution in [0.4, 0.5) is 0 Å². The number of rotatable bonds is 4. The van der Waals surface area contributed by atoms with E-state index in [0.29, 0.717) is 11.5 Å². The summed E-state index contributed by atoms with van der Waals surface area (Å²) in [4.78, 5) is 15.4. The van der Waals surface area contributed by atoms with Crippen LogP contribution in [0.5, 0.6) is 0 Å². The molecule has 0 saturated carbocycles. The first-order valence-corrected chi connectivity index (χ1v) is 9.09. The summed E-state index contributed by atoms with van der Waals surface area (Å²) in [5.41, 5.74) is -0.228. The predicted octanol–water partition coefficient (Wildman–Crippen LogP) is 2.62. The molecule has 1 aliphatic carbocycles. The molecule has 0 unspecified atom stereocenters. The van der Waals surface area contributed by atoms with Crippen LogP contribution in [0, 0.1) is 5.92 Å². The highest BCUT2D eigenvalue weighted by Gasteiger charge is 2.46. The zero-order valence-corrected chi connectivity index (χ0v) is 14.0. The first kappa shape index (κ1) is 15.9. The van der Waals surface area contributed by atoms with E-state index in [-0.39, 0.29) is 6.10 Å². The van der Waals surface area contributed by atoms with Crippen LogP contribution in [-0.2, 0) is 15.1 Å². The van der Waals surface area contributed by atoms with Gasteiger partial charge in [0.15, 0.2) is 0 Å². The van der Waals surface area contributed by atoms with Gasteiger partial charge >= 0.3 is 5.97 Å². The Labute approximate surface area is 143 Å². The number of carbonyl (C=O) groups is 1.